The monoisotopic (exact) mass is 184 g/mol. The van der Waals surface area contributed by atoms with Gasteiger partial charge in [0.25, 0.3) is 0 Å². The van der Waals surface area contributed by atoms with Gasteiger partial charge in [0.15, 0.2) is 0 Å². The standard InChI is InChI=1S/C10H20N2O/c1-9-5-10(7-12(11)6-9)3-2-4-13-8-10/h9H,2-8,11H2,1H3. The molecular formula is C10H20N2O. The van der Waals surface area contributed by atoms with Crippen LogP contribution < -0.4 is 5.84 Å². The summed E-state index contributed by atoms with van der Waals surface area (Å²) in [5.74, 6) is 6.63. The Morgan fingerprint density at radius 2 is 2.38 bits per heavy atom. The second kappa shape index (κ2) is 3.56. The Hall–Kier alpha value is -0.120. The van der Waals surface area contributed by atoms with Crippen LogP contribution in [0.25, 0.3) is 0 Å². The molecule has 0 aromatic heterocycles. The van der Waals surface area contributed by atoms with Crippen LogP contribution in [0.3, 0.4) is 0 Å². The SMILES string of the molecule is CC1CN(N)CC2(CCCOC2)C1. The number of piperidine rings is 1. The van der Waals surface area contributed by atoms with E-state index in [0.29, 0.717) is 5.41 Å². The summed E-state index contributed by atoms with van der Waals surface area (Å²) in [6, 6.07) is 0. The molecule has 2 saturated heterocycles. The Morgan fingerprint density at radius 1 is 1.54 bits per heavy atom. The third-order valence-corrected chi connectivity index (χ3v) is 3.27. The van der Waals surface area contributed by atoms with Crippen molar-refractivity contribution in [2.24, 2.45) is 17.2 Å². The van der Waals surface area contributed by atoms with Crippen molar-refractivity contribution in [2.75, 3.05) is 26.3 Å². The van der Waals surface area contributed by atoms with Crippen LogP contribution in [0.5, 0.6) is 0 Å². The normalized spacial score (nSPS) is 42.5. The van der Waals surface area contributed by atoms with Gasteiger partial charge in [-0.1, -0.05) is 6.92 Å². The number of nitrogens with zero attached hydrogens (tertiary/aromatic N) is 1. The largest absolute Gasteiger partial charge is 0.381 e. The van der Waals surface area contributed by atoms with Gasteiger partial charge in [-0.05, 0) is 25.2 Å². The molecule has 0 radical (unpaired) electrons. The highest BCUT2D eigenvalue weighted by Crippen LogP contribution is 2.38. The quantitative estimate of drug-likeness (QED) is 0.571. The van der Waals surface area contributed by atoms with Crippen LogP contribution in [0.2, 0.25) is 0 Å². The zero-order chi connectivity index (χ0) is 9.31. The lowest BCUT2D eigenvalue weighted by Gasteiger charge is -2.45. The third kappa shape index (κ3) is 2.03. The van der Waals surface area contributed by atoms with E-state index in [1.165, 1.54) is 19.3 Å². The molecule has 0 saturated carbocycles. The molecule has 2 heterocycles. The van der Waals surface area contributed by atoms with Crippen LogP contribution in [-0.2, 0) is 4.74 Å². The molecule has 0 aromatic rings. The van der Waals surface area contributed by atoms with Gasteiger partial charge in [0.2, 0.25) is 0 Å². The summed E-state index contributed by atoms with van der Waals surface area (Å²) in [7, 11) is 0. The van der Waals surface area contributed by atoms with Gasteiger partial charge < -0.3 is 4.74 Å². The van der Waals surface area contributed by atoms with E-state index in [4.69, 9.17) is 10.6 Å². The molecule has 76 valence electrons. The molecule has 0 bridgehead atoms. The van der Waals surface area contributed by atoms with Gasteiger partial charge in [-0.2, -0.15) is 0 Å². The predicted molar refractivity (Wildman–Crippen MR) is 52.0 cm³/mol. The summed E-state index contributed by atoms with van der Waals surface area (Å²) in [6.45, 7) is 6.22. The smallest absolute Gasteiger partial charge is 0.0535 e. The van der Waals surface area contributed by atoms with Crippen molar-refractivity contribution in [3.63, 3.8) is 0 Å². The molecule has 13 heavy (non-hydrogen) atoms. The lowest BCUT2D eigenvalue weighted by molar-refractivity contribution is -0.0627. The van der Waals surface area contributed by atoms with Crippen molar-refractivity contribution >= 4 is 0 Å². The molecule has 0 amide bonds. The first-order valence-corrected chi connectivity index (χ1v) is 5.28. The van der Waals surface area contributed by atoms with Crippen LogP contribution in [0, 0.1) is 11.3 Å². The van der Waals surface area contributed by atoms with E-state index in [1.54, 1.807) is 0 Å². The maximum atomic E-state index is 5.91. The molecule has 3 heteroatoms. The van der Waals surface area contributed by atoms with E-state index in [2.05, 4.69) is 6.92 Å². The van der Waals surface area contributed by atoms with Gasteiger partial charge in [-0.15, -0.1) is 0 Å². The minimum Gasteiger partial charge on any atom is -0.381 e. The van der Waals surface area contributed by atoms with E-state index >= 15 is 0 Å². The van der Waals surface area contributed by atoms with Gasteiger partial charge in [0.1, 0.15) is 0 Å². The molecule has 2 unspecified atom stereocenters. The maximum Gasteiger partial charge on any atom is 0.0535 e. The molecule has 0 aliphatic carbocycles. The molecule has 0 aromatic carbocycles. The van der Waals surface area contributed by atoms with E-state index in [9.17, 15) is 0 Å². The molecule has 2 N–H and O–H groups in total. The van der Waals surface area contributed by atoms with Gasteiger partial charge in [0.05, 0.1) is 6.61 Å². The number of hydrogen-bond acceptors (Lipinski definition) is 3. The highest BCUT2D eigenvalue weighted by Gasteiger charge is 2.39. The lowest BCUT2D eigenvalue weighted by Crippen LogP contribution is -2.52. The average Bonchev–Trinajstić information content (AvgIpc) is 2.02. The van der Waals surface area contributed by atoms with E-state index in [0.717, 1.165) is 32.2 Å². The van der Waals surface area contributed by atoms with Crippen molar-refractivity contribution in [3.05, 3.63) is 0 Å². The van der Waals surface area contributed by atoms with E-state index < -0.39 is 0 Å². The van der Waals surface area contributed by atoms with E-state index in [-0.39, 0.29) is 0 Å². The highest BCUT2D eigenvalue weighted by atomic mass is 16.5. The molecule has 2 aliphatic rings. The third-order valence-electron chi connectivity index (χ3n) is 3.27. The maximum absolute atomic E-state index is 5.91. The first kappa shape index (κ1) is 9.44. The van der Waals surface area contributed by atoms with Gasteiger partial charge in [-0.25, -0.2) is 5.01 Å². The summed E-state index contributed by atoms with van der Waals surface area (Å²) in [4.78, 5) is 0. The first-order chi connectivity index (χ1) is 6.20. The fourth-order valence-electron chi connectivity index (χ4n) is 2.96. The number of rotatable bonds is 0. The number of hydrazine groups is 1. The Kier molecular flexibility index (Phi) is 2.58. The minimum atomic E-state index is 0.380. The van der Waals surface area contributed by atoms with Crippen LogP contribution in [-0.4, -0.2) is 31.3 Å². The molecular weight excluding hydrogens is 164 g/mol. The fourth-order valence-corrected chi connectivity index (χ4v) is 2.96. The molecule has 2 fully saturated rings. The summed E-state index contributed by atoms with van der Waals surface area (Å²) in [6.07, 6.45) is 3.80. The zero-order valence-corrected chi connectivity index (χ0v) is 8.46. The van der Waals surface area contributed by atoms with Crippen LogP contribution >= 0.6 is 0 Å². The van der Waals surface area contributed by atoms with Gasteiger partial charge in [0, 0.05) is 25.1 Å². The average molecular weight is 184 g/mol. The van der Waals surface area contributed by atoms with Crippen LogP contribution in [0.4, 0.5) is 0 Å². The van der Waals surface area contributed by atoms with E-state index in [1.807, 2.05) is 5.01 Å². The summed E-state index contributed by atoms with van der Waals surface area (Å²) in [5.41, 5.74) is 0.380. The molecule has 2 rings (SSSR count). The zero-order valence-electron chi connectivity index (χ0n) is 8.46. The Labute approximate surface area is 80.2 Å². The number of nitrogens with two attached hydrogens (primary N) is 1. The van der Waals surface area contributed by atoms with Crippen molar-refractivity contribution in [1.29, 1.82) is 0 Å². The van der Waals surface area contributed by atoms with Crippen LogP contribution in [0.1, 0.15) is 26.2 Å². The van der Waals surface area contributed by atoms with Crippen molar-refractivity contribution in [2.45, 2.75) is 26.2 Å². The molecule has 3 nitrogen and oxygen atoms in total. The molecule has 2 aliphatic heterocycles. The highest BCUT2D eigenvalue weighted by molar-refractivity contribution is 4.89. The van der Waals surface area contributed by atoms with Crippen molar-refractivity contribution < 1.29 is 4.74 Å². The lowest BCUT2D eigenvalue weighted by atomic mass is 9.73. The Bertz CT molecular complexity index is 166. The summed E-state index contributed by atoms with van der Waals surface area (Å²) in [5, 5.41) is 1.98. The minimum absolute atomic E-state index is 0.380. The number of hydrogen-bond donors (Lipinski definition) is 1. The summed E-state index contributed by atoms with van der Waals surface area (Å²) < 4.78 is 5.58. The van der Waals surface area contributed by atoms with Gasteiger partial charge >= 0.3 is 0 Å². The van der Waals surface area contributed by atoms with Gasteiger partial charge in [-0.3, -0.25) is 5.84 Å². The second-order valence-electron chi connectivity index (χ2n) is 4.89. The fraction of sp³-hybridized carbons (Fsp3) is 1.00. The molecule has 2 atom stereocenters. The number of ether oxygens (including phenoxy) is 1. The van der Waals surface area contributed by atoms with Crippen molar-refractivity contribution in [1.82, 2.24) is 5.01 Å². The van der Waals surface area contributed by atoms with Crippen LogP contribution in [0.15, 0.2) is 0 Å². The Balaban J connectivity index is 2.02. The van der Waals surface area contributed by atoms with Crippen molar-refractivity contribution in [3.8, 4) is 0 Å². The summed E-state index contributed by atoms with van der Waals surface area (Å²) >= 11 is 0. The first-order valence-electron chi connectivity index (χ1n) is 5.28. The Morgan fingerprint density at radius 3 is 3.00 bits per heavy atom. The second-order valence-corrected chi connectivity index (χ2v) is 4.89. The topological polar surface area (TPSA) is 38.5 Å². The predicted octanol–water partition coefficient (Wildman–Crippen LogP) is 0.999. The molecule has 1 spiro atoms.